The number of aromatic nitrogens is 1. The monoisotopic (exact) mass is 273 g/mol. The molecule has 0 aliphatic rings. The van der Waals surface area contributed by atoms with Crippen LogP contribution in [-0.4, -0.2) is 41.9 Å². The first-order valence-electron chi connectivity index (χ1n) is 5.37. The number of rotatable bonds is 6. The Balaban J connectivity index is 3.08. The van der Waals surface area contributed by atoms with E-state index in [9.17, 15) is 13.2 Å². The molecule has 0 saturated heterocycles. The van der Waals surface area contributed by atoms with Gasteiger partial charge < -0.3 is 5.11 Å². The number of hydrogen-bond acceptors (Lipinski definition) is 4. The Morgan fingerprint density at radius 2 is 2.06 bits per heavy atom. The second-order valence-corrected chi connectivity index (χ2v) is 5.09. The lowest BCUT2D eigenvalue weighted by Crippen LogP contribution is -2.35. The van der Waals surface area contributed by atoms with Crippen molar-refractivity contribution < 1.29 is 18.3 Å². The van der Waals surface area contributed by atoms with Crippen LogP contribution in [0.3, 0.4) is 0 Å². The Kier molecular flexibility index (Phi) is 4.62. The third kappa shape index (κ3) is 3.17. The summed E-state index contributed by atoms with van der Waals surface area (Å²) in [4.78, 5) is 14.7. The molecule has 2 N–H and O–H groups in total. The zero-order valence-corrected chi connectivity index (χ0v) is 10.9. The van der Waals surface area contributed by atoms with Crippen LogP contribution in [0.2, 0.25) is 0 Å². The van der Waals surface area contributed by atoms with Gasteiger partial charge in [-0.2, -0.15) is 12.7 Å². The molecule has 1 heterocycles. The van der Waals surface area contributed by atoms with Gasteiger partial charge in [0.15, 0.2) is 0 Å². The van der Waals surface area contributed by atoms with E-state index in [2.05, 4.69) is 9.71 Å². The minimum Gasteiger partial charge on any atom is -0.478 e. The predicted molar refractivity (Wildman–Crippen MR) is 66.7 cm³/mol. The fraction of sp³-hybridized carbons (Fsp3) is 0.400. The third-order valence-corrected chi connectivity index (χ3v) is 4.01. The second-order valence-electron chi connectivity index (χ2n) is 3.42. The third-order valence-electron chi connectivity index (χ3n) is 2.34. The molecule has 0 atom stereocenters. The number of nitrogens with zero attached hydrogens (tertiary/aromatic N) is 2. The van der Waals surface area contributed by atoms with Crippen LogP contribution < -0.4 is 4.72 Å². The minimum atomic E-state index is -3.75. The summed E-state index contributed by atoms with van der Waals surface area (Å²) in [5.41, 5.74) is -0.183. The number of nitrogens with one attached hydrogen (secondary N) is 1. The molecule has 0 aromatic carbocycles. The number of carbonyl (C=O) groups is 1. The maximum Gasteiger partial charge on any atom is 0.337 e. The highest BCUT2D eigenvalue weighted by Gasteiger charge is 2.21. The van der Waals surface area contributed by atoms with Crippen LogP contribution in [-0.2, 0) is 10.2 Å². The summed E-state index contributed by atoms with van der Waals surface area (Å²) in [5.74, 6) is -1.21. The van der Waals surface area contributed by atoms with Crippen LogP contribution in [0.4, 0.5) is 5.69 Å². The maximum atomic E-state index is 11.9. The molecule has 1 rings (SSSR count). The zero-order chi connectivity index (χ0) is 13.8. The Morgan fingerprint density at radius 1 is 1.44 bits per heavy atom. The largest absolute Gasteiger partial charge is 0.478 e. The molecule has 0 aliphatic heterocycles. The smallest absolute Gasteiger partial charge is 0.337 e. The molecule has 0 amide bonds. The molecule has 1 aromatic heterocycles. The van der Waals surface area contributed by atoms with E-state index in [1.807, 2.05) is 0 Å². The van der Waals surface area contributed by atoms with Gasteiger partial charge in [0.25, 0.3) is 0 Å². The van der Waals surface area contributed by atoms with Crippen LogP contribution >= 0.6 is 0 Å². The van der Waals surface area contributed by atoms with Gasteiger partial charge in [0.1, 0.15) is 0 Å². The van der Waals surface area contributed by atoms with Crippen LogP contribution in [0.25, 0.3) is 0 Å². The van der Waals surface area contributed by atoms with Crippen molar-refractivity contribution >= 4 is 21.9 Å². The molecule has 1 aromatic rings. The number of hydrogen-bond donors (Lipinski definition) is 2. The standard InChI is InChI=1S/C10H15N3O4S/c1-3-13(4-2)18(16,17)12-9-7-11-6-5-8(9)10(14)15/h5-7,12H,3-4H2,1-2H3,(H,14,15). The highest BCUT2D eigenvalue weighted by atomic mass is 32.2. The average Bonchev–Trinajstić information content (AvgIpc) is 2.29. The highest BCUT2D eigenvalue weighted by Crippen LogP contribution is 2.16. The number of pyridine rings is 1. The van der Waals surface area contributed by atoms with Crippen molar-refractivity contribution in [1.82, 2.24) is 9.29 Å². The molecule has 0 aliphatic carbocycles. The van der Waals surface area contributed by atoms with Gasteiger partial charge in [-0.05, 0) is 6.07 Å². The maximum absolute atomic E-state index is 11.9. The number of carboxylic acid groups (broad SMARTS) is 1. The summed E-state index contributed by atoms with van der Waals surface area (Å²) in [5, 5.41) is 8.94. The molecule has 0 saturated carbocycles. The summed E-state index contributed by atoms with van der Waals surface area (Å²) in [6, 6.07) is 1.24. The molecule has 0 fully saturated rings. The van der Waals surface area contributed by atoms with Gasteiger partial charge in [0, 0.05) is 19.3 Å². The van der Waals surface area contributed by atoms with Crippen molar-refractivity contribution in [2.75, 3.05) is 17.8 Å². The van der Waals surface area contributed by atoms with Crippen molar-refractivity contribution in [3.8, 4) is 0 Å². The molecule has 7 nitrogen and oxygen atoms in total. The molecule has 0 spiro atoms. The van der Waals surface area contributed by atoms with Gasteiger partial charge in [-0.25, -0.2) is 4.79 Å². The molecule has 0 radical (unpaired) electrons. The quantitative estimate of drug-likeness (QED) is 0.797. The number of aromatic carboxylic acids is 1. The van der Waals surface area contributed by atoms with Crippen molar-refractivity contribution in [2.45, 2.75) is 13.8 Å². The summed E-state index contributed by atoms with van der Waals surface area (Å²) >= 11 is 0. The van der Waals surface area contributed by atoms with Gasteiger partial charge in [0.2, 0.25) is 0 Å². The lowest BCUT2D eigenvalue weighted by Gasteiger charge is -2.19. The van der Waals surface area contributed by atoms with Crippen LogP contribution in [0.1, 0.15) is 24.2 Å². The minimum absolute atomic E-state index is 0.0445. The van der Waals surface area contributed by atoms with Crippen molar-refractivity contribution in [1.29, 1.82) is 0 Å². The second kappa shape index (κ2) is 5.78. The summed E-state index contributed by atoms with van der Waals surface area (Å²) in [6.07, 6.45) is 2.46. The normalized spacial score (nSPS) is 11.5. The molecule has 0 bridgehead atoms. The lowest BCUT2D eigenvalue weighted by atomic mass is 10.2. The van der Waals surface area contributed by atoms with Gasteiger partial charge >= 0.3 is 16.2 Å². The van der Waals surface area contributed by atoms with Crippen LogP contribution in [0.15, 0.2) is 18.5 Å². The average molecular weight is 273 g/mol. The predicted octanol–water partition coefficient (Wildman–Crippen LogP) is 0.778. The van der Waals surface area contributed by atoms with E-state index in [-0.39, 0.29) is 11.3 Å². The number of anilines is 1. The molecule has 8 heteroatoms. The van der Waals surface area contributed by atoms with E-state index in [1.165, 1.54) is 22.8 Å². The Hall–Kier alpha value is -1.67. The number of carboxylic acids is 1. The Bertz CT molecular complexity index is 526. The van der Waals surface area contributed by atoms with Crippen molar-refractivity contribution in [2.24, 2.45) is 0 Å². The van der Waals surface area contributed by atoms with Gasteiger partial charge in [-0.1, -0.05) is 13.8 Å². The summed E-state index contributed by atoms with van der Waals surface area (Å²) in [7, 11) is -3.75. The van der Waals surface area contributed by atoms with Gasteiger partial charge in [0.05, 0.1) is 17.4 Å². The van der Waals surface area contributed by atoms with Crippen molar-refractivity contribution in [3.63, 3.8) is 0 Å². The molecular formula is C10H15N3O4S. The van der Waals surface area contributed by atoms with Crippen LogP contribution in [0.5, 0.6) is 0 Å². The molecule has 0 unspecified atom stereocenters. The Morgan fingerprint density at radius 3 is 2.56 bits per heavy atom. The van der Waals surface area contributed by atoms with E-state index >= 15 is 0 Å². The summed E-state index contributed by atoms with van der Waals surface area (Å²) in [6.45, 7) is 4.00. The topological polar surface area (TPSA) is 99.6 Å². The highest BCUT2D eigenvalue weighted by molar-refractivity contribution is 7.90. The fourth-order valence-corrected chi connectivity index (χ4v) is 2.68. The van der Waals surface area contributed by atoms with Crippen molar-refractivity contribution in [3.05, 3.63) is 24.0 Å². The molecular weight excluding hydrogens is 258 g/mol. The SMILES string of the molecule is CCN(CC)S(=O)(=O)Nc1cnccc1C(=O)O. The van der Waals surface area contributed by atoms with Crippen LogP contribution in [0, 0.1) is 0 Å². The van der Waals surface area contributed by atoms with E-state index in [4.69, 9.17) is 5.11 Å². The lowest BCUT2D eigenvalue weighted by molar-refractivity contribution is 0.0698. The first-order chi connectivity index (χ1) is 8.42. The first kappa shape index (κ1) is 14.4. The molecule has 100 valence electrons. The van der Waals surface area contributed by atoms with E-state index < -0.39 is 16.2 Å². The van der Waals surface area contributed by atoms with E-state index in [0.29, 0.717) is 13.1 Å². The van der Waals surface area contributed by atoms with Gasteiger partial charge in [-0.3, -0.25) is 9.71 Å². The first-order valence-corrected chi connectivity index (χ1v) is 6.81. The molecule has 18 heavy (non-hydrogen) atoms. The Labute approximate surface area is 106 Å². The van der Waals surface area contributed by atoms with Gasteiger partial charge in [-0.15, -0.1) is 0 Å². The fourth-order valence-electron chi connectivity index (χ4n) is 1.43. The summed E-state index contributed by atoms with van der Waals surface area (Å²) < 4.78 is 27.3. The zero-order valence-electron chi connectivity index (χ0n) is 10.1. The van der Waals surface area contributed by atoms with E-state index in [0.717, 1.165) is 0 Å². The van der Waals surface area contributed by atoms with E-state index in [1.54, 1.807) is 13.8 Å².